The van der Waals surface area contributed by atoms with Crippen LogP contribution in [0.4, 0.5) is 19.1 Å². The SMILES string of the molecule is O=c1n(Cc2cccc(F)c2F)c2cnc(NC3CC3)nc2n1-c1cccc(F)c1. The number of nitrogens with zero attached hydrogens (tertiary/aromatic N) is 4. The molecule has 1 aliphatic rings. The summed E-state index contributed by atoms with van der Waals surface area (Å²) < 4.78 is 44.2. The zero-order valence-electron chi connectivity index (χ0n) is 15.6. The minimum absolute atomic E-state index is 0.00979. The normalized spacial score (nSPS) is 13.7. The molecular weight excluding hydrogens is 395 g/mol. The van der Waals surface area contributed by atoms with Crippen LogP contribution in [0.3, 0.4) is 0 Å². The molecule has 0 amide bonds. The lowest BCUT2D eigenvalue weighted by molar-refractivity contribution is 0.495. The van der Waals surface area contributed by atoms with Crippen LogP contribution in [0.5, 0.6) is 0 Å². The van der Waals surface area contributed by atoms with Gasteiger partial charge in [0.1, 0.15) is 11.3 Å². The quantitative estimate of drug-likeness (QED) is 0.545. The first-order valence-corrected chi connectivity index (χ1v) is 9.45. The minimum Gasteiger partial charge on any atom is -0.351 e. The van der Waals surface area contributed by atoms with Crippen molar-refractivity contribution in [2.45, 2.75) is 25.4 Å². The van der Waals surface area contributed by atoms with Crippen LogP contribution in [-0.2, 0) is 6.54 Å². The van der Waals surface area contributed by atoms with Crippen LogP contribution >= 0.6 is 0 Å². The molecule has 152 valence electrons. The van der Waals surface area contributed by atoms with Crippen LogP contribution in [0.1, 0.15) is 18.4 Å². The molecule has 0 unspecified atom stereocenters. The van der Waals surface area contributed by atoms with Crippen molar-refractivity contribution >= 4 is 17.1 Å². The van der Waals surface area contributed by atoms with Gasteiger partial charge in [-0.1, -0.05) is 18.2 Å². The smallest absolute Gasteiger partial charge is 0.335 e. The molecule has 0 radical (unpaired) electrons. The molecule has 2 aromatic carbocycles. The molecule has 1 fully saturated rings. The van der Waals surface area contributed by atoms with Crippen molar-refractivity contribution in [1.29, 1.82) is 0 Å². The van der Waals surface area contributed by atoms with Crippen LogP contribution in [0.15, 0.2) is 53.5 Å². The minimum atomic E-state index is -1.02. The summed E-state index contributed by atoms with van der Waals surface area (Å²) in [7, 11) is 0. The number of halogens is 3. The number of anilines is 1. The van der Waals surface area contributed by atoms with E-state index in [0.29, 0.717) is 17.5 Å². The van der Waals surface area contributed by atoms with Gasteiger partial charge in [-0.15, -0.1) is 0 Å². The third-order valence-electron chi connectivity index (χ3n) is 5.01. The highest BCUT2D eigenvalue weighted by Gasteiger charge is 2.24. The van der Waals surface area contributed by atoms with E-state index in [4.69, 9.17) is 0 Å². The van der Waals surface area contributed by atoms with Crippen LogP contribution in [-0.4, -0.2) is 25.1 Å². The van der Waals surface area contributed by atoms with Crippen molar-refractivity contribution in [2.75, 3.05) is 5.32 Å². The highest BCUT2D eigenvalue weighted by molar-refractivity contribution is 5.74. The molecule has 0 aliphatic heterocycles. The van der Waals surface area contributed by atoms with Crippen molar-refractivity contribution in [3.05, 3.63) is 82.2 Å². The van der Waals surface area contributed by atoms with Crippen molar-refractivity contribution in [1.82, 2.24) is 19.1 Å². The molecule has 0 spiro atoms. The standard InChI is InChI=1S/C21H16F3N5O/c22-13-4-2-5-15(9-13)29-19-17(10-25-20(27-19)26-14-7-8-14)28(21(29)30)11-12-3-1-6-16(23)18(12)24/h1-6,9-10,14H,7-8,11H2,(H,25,26,27). The zero-order valence-corrected chi connectivity index (χ0v) is 15.6. The summed E-state index contributed by atoms with van der Waals surface area (Å²) in [5, 5.41) is 3.16. The largest absolute Gasteiger partial charge is 0.351 e. The first-order chi connectivity index (χ1) is 14.5. The number of benzene rings is 2. The molecule has 1 aliphatic carbocycles. The first kappa shape index (κ1) is 18.4. The lowest BCUT2D eigenvalue weighted by Gasteiger charge is -2.06. The summed E-state index contributed by atoms with van der Waals surface area (Å²) in [5.41, 5.74) is 0.307. The van der Waals surface area contributed by atoms with Gasteiger partial charge in [-0.25, -0.2) is 27.5 Å². The fourth-order valence-corrected chi connectivity index (χ4v) is 3.36. The number of nitrogens with one attached hydrogen (secondary N) is 1. The predicted molar refractivity (Wildman–Crippen MR) is 105 cm³/mol. The number of rotatable bonds is 5. The van der Waals surface area contributed by atoms with Gasteiger partial charge in [0.25, 0.3) is 0 Å². The predicted octanol–water partition coefficient (Wildman–Crippen LogP) is 3.62. The van der Waals surface area contributed by atoms with Crippen molar-refractivity contribution in [3.63, 3.8) is 0 Å². The maximum absolute atomic E-state index is 14.2. The van der Waals surface area contributed by atoms with Gasteiger partial charge in [0.05, 0.1) is 18.4 Å². The van der Waals surface area contributed by atoms with Crippen LogP contribution in [0, 0.1) is 17.5 Å². The number of hydrogen-bond acceptors (Lipinski definition) is 4. The highest BCUT2D eigenvalue weighted by Crippen LogP contribution is 2.25. The lowest BCUT2D eigenvalue weighted by atomic mass is 10.2. The molecule has 2 aromatic heterocycles. The zero-order chi connectivity index (χ0) is 20.8. The Balaban J connectivity index is 1.71. The van der Waals surface area contributed by atoms with E-state index in [1.807, 2.05) is 0 Å². The van der Waals surface area contributed by atoms with E-state index in [2.05, 4.69) is 15.3 Å². The summed E-state index contributed by atoms with van der Waals surface area (Å²) in [6.07, 6.45) is 3.48. The third-order valence-corrected chi connectivity index (χ3v) is 5.01. The van der Waals surface area contributed by atoms with Gasteiger partial charge >= 0.3 is 5.69 Å². The Hall–Kier alpha value is -3.62. The van der Waals surface area contributed by atoms with E-state index in [1.165, 1.54) is 45.7 Å². The van der Waals surface area contributed by atoms with E-state index in [0.717, 1.165) is 18.9 Å². The molecule has 1 N–H and O–H groups in total. The van der Waals surface area contributed by atoms with Gasteiger partial charge in [-0.05, 0) is 37.1 Å². The molecule has 6 nitrogen and oxygen atoms in total. The molecule has 30 heavy (non-hydrogen) atoms. The van der Waals surface area contributed by atoms with E-state index in [9.17, 15) is 18.0 Å². The molecule has 1 saturated carbocycles. The molecule has 5 rings (SSSR count). The lowest BCUT2D eigenvalue weighted by Crippen LogP contribution is -2.24. The molecule has 0 saturated heterocycles. The fourth-order valence-electron chi connectivity index (χ4n) is 3.36. The summed E-state index contributed by atoms with van der Waals surface area (Å²) in [5.74, 6) is -2.18. The Morgan fingerprint density at radius 2 is 1.90 bits per heavy atom. The summed E-state index contributed by atoms with van der Waals surface area (Å²) in [4.78, 5) is 22.0. The van der Waals surface area contributed by atoms with Gasteiger partial charge in [-0.2, -0.15) is 4.98 Å². The van der Waals surface area contributed by atoms with Gasteiger partial charge in [0.2, 0.25) is 5.95 Å². The van der Waals surface area contributed by atoms with Crippen LogP contribution < -0.4 is 11.0 Å². The average Bonchev–Trinajstić information content (AvgIpc) is 3.49. The Morgan fingerprint density at radius 3 is 2.67 bits per heavy atom. The van der Waals surface area contributed by atoms with Crippen LogP contribution in [0.2, 0.25) is 0 Å². The van der Waals surface area contributed by atoms with E-state index in [-0.39, 0.29) is 23.4 Å². The van der Waals surface area contributed by atoms with Gasteiger partial charge in [-0.3, -0.25) is 4.57 Å². The van der Waals surface area contributed by atoms with Gasteiger partial charge in [0, 0.05) is 11.6 Å². The molecule has 9 heteroatoms. The monoisotopic (exact) mass is 411 g/mol. The van der Waals surface area contributed by atoms with E-state index < -0.39 is 23.1 Å². The second kappa shape index (κ2) is 7.01. The summed E-state index contributed by atoms with van der Waals surface area (Å²) >= 11 is 0. The molecule has 0 atom stereocenters. The summed E-state index contributed by atoms with van der Waals surface area (Å²) in [6, 6.07) is 9.62. The maximum Gasteiger partial charge on any atom is 0.335 e. The fraction of sp³-hybridized carbons (Fsp3) is 0.190. The number of hydrogen-bond donors (Lipinski definition) is 1. The van der Waals surface area contributed by atoms with Crippen LogP contribution in [0.25, 0.3) is 16.9 Å². The van der Waals surface area contributed by atoms with E-state index in [1.54, 1.807) is 6.07 Å². The van der Waals surface area contributed by atoms with Gasteiger partial charge < -0.3 is 5.32 Å². The van der Waals surface area contributed by atoms with Crippen molar-refractivity contribution < 1.29 is 13.2 Å². The Kier molecular flexibility index (Phi) is 4.30. The second-order valence-corrected chi connectivity index (χ2v) is 7.22. The van der Waals surface area contributed by atoms with Crippen molar-refractivity contribution in [3.8, 4) is 5.69 Å². The molecule has 4 aromatic rings. The Labute approximate surface area is 168 Å². The molecular formula is C21H16F3N5O. The van der Waals surface area contributed by atoms with Gasteiger partial charge in [0.15, 0.2) is 17.3 Å². The Bertz CT molecular complexity index is 1330. The summed E-state index contributed by atoms with van der Waals surface area (Å²) in [6.45, 7) is -0.222. The third kappa shape index (κ3) is 3.22. The Morgan fingerprint density at radius 1 is 1.10 bits per heavy atom. The topological polar surface area (TPSA) is 64.7 Å². The van der Waals surface area contributed by atoms with Crippen molar-refractivity contribution in [2.24, 2.45) is 0 Å². The molecule has 0 bridgehead atoms. The first-order valence-electron chi connectivity index (χ1n) is 9.45. The highest BCUT2D eigenvalue weighted by atomic mass is 19.2. The second-order valence-electron chi connectivity index (χ2n) is 7.22. The maximum atomic E-state index is 14.2. The number of fused-ring (bicyclic) bond motifs is 1. The average molecular weight is 411 g/mol. The van der Waals surface area contributed by atoms with E-state index >= 15 is 0 Å². The number of imidazole rings is 1. The molecule has 2 heterocycles. The number of aromatic nitrogens is 4.